The molecule has 0 amide bonds. The standard InChI is InChI=1S/C24H19ClN4O3/c1-27(2)14-13-16-7-8-17(15-22(16)29(31)32)23-26-21-6-4-3-5-20(21)24(30)28(23)19-11-9-18(25)10-12-19/h3-15H,1-2H3. The van der Waals surface area contributed by atoms with E-state index in [-0.39, 0.29) is 11.2 Å². The van der Waals surface area contributed by atoms with Crippen LogP contribution in [0.5, 0.6) is 0 Å². The van der Waals surface area contributed by atoms with Crippen molar-refractivity contribution in [1.29, 1.82) is 0 Å². The highest BCUT2D eigenvalue weighted by Gasteiger charge is 2.19. The van der Waals surface area contributed by atoms with E-state index in [9.17, 15) is 14.9 Å². The molecule has 0 spiro atoms. The highest BCUT2D eigenvalue weighted by molar-refractivity contribution is 6.30. The summed E-state index contributed by atoms with van der Waals surface area (Å²) in [6.07, 6.45) is 3.40. The number of para-hydroxylation sites is 1. The van der Waals surface area contributed by atoms with E-state index in [0.717, 1.165) is 0 Å². The van der Waals surface area contributed by atoms with E-state index in [1.54, 1.807) is 77.8 Å². The second kappa shape index (κ2) is 8.64. The number of nitro benzene ring substituents is 1. The van der Waals surface area contributed by atoms with Crippen molar-refractivity contribution in [2.24, 2.45) is 0 Å². The van der Waals surface area contributed by atoms with Crippen LogP contribution in [-0.4, -0.2) is 33.5 Å². The Morgan fingerprint density at radius 1 is 1.06 bits per heavy atom. The first-order valence-electron chi connectivity index (χ1n) is 9.76. The summed E-state index contributed by atoms with van der Waals surface area (Å²) in [7, 11) is 3.67. The third kappa shape index (κ3) is 4.10. The summed E-state index contributed by atoms with van der Waals surface area (Å²) >= 11 is 6.03. The molecule has 0 aliphatic rings. The van der Waals surface area contributed by atoms with E-state index in [4.69, 9.17) is 16.6 Å². The number of nitrogens with zero attached hydrogens (tertiary/aromatic N) is 4. The van der Waals surface area contributed by atoms with Crippen LogP contribution >= 0.6 is 11.6 Å². The van der Waals surface area contributed by atoms with Gasteiger partial charge in [-0.15, -0.1) is 0 Å². The Kier molecular flexibility index (Phi) is 5.75. The van der Waals surface area contributed by atoms with Crippen LogP contribution in [-0.2, 0) is 0 Å². The lowest BCUT2D eigenvalue weighted by Crippen LogP contribution is -2.22. The third-order valence-electron chi connectivity index (χ3n) is 4.90. The summed E-state index contributed by atoms with van der Waals surface area (Å²) in [5.41, 5.74) is 1.63. The molecule has 0 saturated carbocycles. The maximum absolute atomic E-state index is 13.4. The average Bonchev–Trinajstić information content (AvgIpc) is 2.78. The van der Waals surface area contributed by atoms with Gasteiger partial charge in [0.05, 0.1) is 27.1 Å². The van der Waals surface area contributed by atoms with Gasteiger partial charge in [0.2, 0.25) is 0 Å². The number of hydrogen-bond donors (Lipinski definition) is 0. The minimum Gasteiger partial charge on any atom is -0.383 e. The Hall–Kier alpha value is -3.97. The molecule has 3 aromatic carbocycles. The molecule has 7 nitrogen and oxygen atoms in total. The van der Waals surface area contributed by atoms with Gasteiger partial charge >= 0.3 is 0 Å². The van der Waals surface area contributed by atoms with Crippen molar-refractivity contribution >= 4 is 34.3 Å². The van der Waals surface area contributed by atoms with Crippen molar-refractivity contribution in [1.82, 2.24) is 14.5 Å². The van der Waals surface area contributed by atoms with Crippen molar-refractivity contribution in [3.8, 4) is 17.1 Å². The molecule has 0 radical (unpaired) electrons. The fourth-order valence-corrected chi connectivity index (χ4v) is 3.49. The van der Waals surface area contributed by atoms with Gasteiger partial charge in [-0.3, -0.25) is 19.5 Å². The first-order chi connectivity index (χ1) is 15.3. The molecular formula is C24H19ClN4O3. The van der Waals surface area contributed by atoms with Gasteiger partial charge in [0.15, 0.2) is 0 Å². The second-order valence-electron chi connectivity index (χ2n) is 7.38. The molecule has 0 aliphatic heterocycles. The van der Waals surface area contributed by atoms with E-state index in [1.807, 2.05) is 14.1 Å². The fraction of sp³-hybridized carbons (Fsp3) is 0.0833. The summed E-state index contributed by atoms with van der Waals surface area (Å²) < 4.78 is 1.45. The van der Waals surface area contributed by atoms with Gasteiger partial charge in [0.1, 0.15) is 5.82 Å². The van der Waals surface area contributed by atoms with Gasteiger partial charge < -0.3 is 4.90 Å². The molecule has 4 aromatic rings. The van der Waals surface area contributed by atoms with E-state index in [2.05, 4.69) is 0 Å². The average molecular weight is 447 g/mol. The van der Waals surface area contributed by atoms with Crippen LogP contribution in [0.25, 0.3) is 34.1 Å². The minimum atomic E-state index is -0.440. The van der Waals surface area contributed by atoms with E-state index >= 15 is 0 Å². The first-order valence-corrected chi connectivity index (χ1v) is 10.1. The highest BCUT2D eigenvalue weighted by atomic mass is 35.5. The molecule has 32 heavy (non-hydrogen) atoms. The van der Waals surface area contributed by atoms with Crippen LogP contribution in [0.1, 0.15) is 5.56 Å². The summed E-state index contributed by atoms with van der Waals surface area (Å²) in [5, 5.41) is 12.8. The van der Waals surface area contributed by atoms with Crippen LogP contribution in [0.3, 0.4) is 0 Å². The van der Waals surface area contributed by atoms with Crippen LogP contribution < -0.4 is 5.56 Å². The molecule has 160 valence electrons. The highest BCUT2D eigenvalue weighted by Crippen LogP contribution is 2.29. The van der Waals surface area contributed by atoms with Gasteiger partial charge in [-0.25, -0.2) is 4.98 Å². The van der Waals surface area contributed by atoms with Crippen molar-refractivity contribution in [2.45, 2.75) is 0 Å². The molecule has 1 heterocycles. The van der Waals surface area contributed by atoms with Crippen LogP contribution in [0.2, 0.25) is 5.02 Å². The van der Waals surface area contributed by atoms with Gasteiger partial charge in [0, 0.05) is 30.7 Å². The molecule has 0 bridgehead atoms. The Morgan fingerprint density at radius 3 is 2.47 bits per heavy atom. The number of nitro groups is 1. The van der Waals surface area contributed by atoms with Gasteiger partial charge in [-0.1, -0.05) is 29.8 Å². The fourth-order valence-electron chi connectivity index (χ4n) is 3.37. The maximum Gasteiger partial charge on any atom is 0.277 e. The van der Waals surface area contributed by atoms with E-state index in [0.29, 0.717) is 38.6 Å². The van der Waals surface area contributed by atoms with Gasteiger partial charge in [0.25, 0.3) is 11.2 Å². The van der Waals surface area contributed by atoms with E-state index < -0.39 is 4.92 Å². The van der Waals surface area contributed by atoms with Crippen molar-refractivity contribution in [3.63, 3.8) is 0 Å². The molecule has 0 atom stereocenters. The van der Waals surface area contributed by atoms with Crippen molar-refractivity contribution in [2.75, 3.05) is 14.1 Å². The number of halogens is 1. The van der Waals surface area contributed by atoms with Gasteiger partial charge in [-0.05, 0) is 54.7 Å². The largest absolute Gasteiger partial charge is 0.383 e. The number of aromatic nitrogens is 2. The van der Waals surface area contributed by atoms with Crippen LogP contribution in [0.15, 0.2) is 77.7 Å². The number of rotatable bonds is 5. The summed E-state index contributed by atoms with van der Waals surface area (Å²) in [5.74, 6) is 0.308. The minimum absolute atomic E-state index is 0.0781. The summed E-state index contributed by atoms with van der Waals surface area (Å²) in [6, 6.07) is 18.6. The lowest BCUT2D eigenvalue weighted by molar-refractivity contribution is -0.385. The molecule has 8 heteroatoms. The first kappa shape index (κ1) is 21.3. The zero-order valence-electron chi connectivity index (χ0n) is 17.4. The SMILES string of the molecule is CN(C)C=Cc1ccc(-c2nc3ccccc3c(=O)n2-c2ccc(Cl)cc2)cc1[N+](=O)[O-]. The zero-order chi connectivity index (χ0) is 22.8. The molecular weight excluding hydrogens is 428 g/mol. The Labute approximate surface area is 189 Å². The Morgan fingerprint density at radius 2 is 1.78 bits per heavy atom. The lowest BCUT2D eigenvalue weighted by Gasteiger charge is -2.14. The van der Waals surface area contributed by atoms with Crippen molar-refractivity contribution in [3.05, 3.63) is 104 Å². The maximum atomic E-state index is 13.4. The Bertz CT molecular complexity index is 1410. The molecule has 0 fully saturated rings. The van der Waals surface area contributed by atoms with Crippen LogP contribution in [0, 0.1) is 10.1 Å². The Balaban J connectivity index is 2.01. The van der Waals surface area contributed by atoms with E-state index in [1.165, 1.54) is 10.6 Å². The smallest absolute Gasteiger partial charge is 0.277 e. The molecule has 0 unspecified atom stereocenters. The monoisotopic (exact) mass is 446 g/mol. The lowest BCUT2D eigenvalue weighted by atomic mass is 10.1. The summed E-state index contributed by atoms with van der Waals surface area (Å²) in [6.45, 7) is 0. The number of fused-ring (bicyclic) bond motifs is 1. The second-order valence-corrected chi connectivity index (χ2v) is 7.82. The van der Waals surface area contributed by atoms with Crippen molar-refractivity contribution < 1.29 is 4.92 Å². The molecule has 1 aromatic heterocycles. The predicted octanol–water partition coefficient (Wildman–Crippen LogP) is 5.15. The summed E-state index contributed by atoms with van der Waals surface area (Å²) in [4.78, 5) is 31.2. The van der Waals surface area contributed by atoms with Crippen LogP contribution in [0.4, 0.5) is 5.69 Å². The topological polar surface area (TPSA) is 81.3 Å². The number of hydrogen-bond acceptors (Lipinski definition) is 5. The molecule has 4 rings (SSSR count). The third-order valence-corrected chi connectivity index (χ3v) is 5.15. The van der Waals surface area contributed by atoms with Gasteiger partial charge in [-0.2, -0.15) is 0 Å². The molecule has 0 N–H and O–H groups in total. The quantitative estimate of drug-likeness (QED) is 0.313. The normalized spacial score (nSPS) is 11.2. The molecule has 0 aliphatic carbocycles. The predicted molar refractivity (Wildman–Crippen MR) is 127 cm³/mol. The zero-order valence-corrected chi connectivity index (χ0v) is 18.2. The number of benzene rings is 3. The molecule has 0 saturated heterocycles.